The lowest BCUT2D eigenvalue weighted by atomic mass is 9.73. The van der Waals surface area contributed by atoms with Gasteiger partial charge < -0.3 is 19.6 Å². The van der Waals surface area contributed by atoms with Crippen LogP contribution >= 0.6 is 0 Å². The van der Waals surface area contributed by atoms with Crippen LogP contribution in [0.15, 0.2) is 48.8 Å². The molecule has 30 heavy (non-hydrogen) atoms. The van der Waals surface area contributed by atoms with Crippen LogP contribution in [0.4, 0.5) is 0 Å². The fourth-order valence-corrected chi connectivity index (χ4v) is 4.33. The Morgan fingerprint density at radius 2 is 2.10 bits per heavy atom. The van der Waals surface area contributed by atoms with Crippen molar-refractivity contribution >= 4 is 11.8 Å². The SMILES string of the molecule is COCC#Cc1ccc([C@H]2[C@@H](CO)N3C(=O)CN(C(=O)c4cccnc4)C[C@@H]23)cc1. The molecule has 7 nitrogen and oxygen atoms in total. The van der Waals surface area contributed by atoms with Gasteiger partial charge in [0.1, 0.15) is 13.2 Å². The molecule has 154 valence electrons. The molecule has 0 spiro atoms. The maximum atomic E-state index is 12.8. The van der Waals surface area contributed by atoms with Gasteiger partial charge in [-0.15, -0.1) is 0 Å². The first kappa shape index (κ1) is 20.1. The zero-order chi connectivity index (χ0) is 21.1. The van der Waals surface area contributed by atoms with E-state index in [4.69, 9.17) is 4.74 Å². The number of piperazine rings is 1. The Labute approximate surface area is 175 Å². The number of carbonyl (C=O) groups excluding carboxylic acids is 2. The summed E-state index contributed by atoms with van der Waals surface area (Å²) < 4.78 is 4.94. The molecule has 1 aromatic carbocycles. The Morgan fingerprint density at radius 1 is 1.30 bits per heavy atom. The molecule has 1 N–H and O–H groups in total. The van der Waals surface area contributed by atoms with Crippen molar-refractivity contribution in [1.29, 1.82) is 0 Å². The van der Waals surface area contributed by atoms with Crippen molar-refractivity contribution in [2.45, 2.75) is 18.0 Å². The third kappa shape index (κ3) is 3.67. The van der Waals surface area contributed by atoms with Crippen molar-refractivity contribution in [3.8, 4) is 11.8 Å². The van der Waals surface area contributed by atoms with Crippen molar-refractivity contribution in [2.24, 2.45) is 0 Å². The second-order valence-corrected chi connectivity index (χ2v) is 7.43. The number of ether oxygens (including phenoxy) is 1. The summed E-state index contributed by atoms with van der Waals surface area (Å²) in [5.41, 5.74) is 2.36. The minimum Gasteiger partial charge on any atom is -0.394 e. The van der Waals surface area contributed by atoms with E-state index in [-0.39, 0.29) is 43.0 Å². The molecule has 0 saturated carbocycles. The third-order valence-corrected chi connectivity index (χ3v) is 5.69. The molecule has 3 heterocycles. The Morgan fingerprint density at radius 3 is 2.77 bits per heavy atom. The zero-order valence-corrected chi connectivity index (χ0v) is 16.7. The Hall–Kier alpha value is -3.21. The largest absolute Gasteiger partial charge is 0.394 e. The van der Waals surface area contributed by atoms with E-state index >= 15 is 0 Å². The highest BCUT2D eigenvalue weighted by atomic mass is 16.5. The van der Waals surface area contributed by atoms with E-state index in [0.29, 0.717) is 18.7 Å². The highest BCUT2D eigenvalue weighted by Gasteiger charge is 2.54. The van der Waals surface area contributed by atoms with E-state index in [1.807, 2.05) is 24.3 Å². The zero-order valence-electron chi connectivity index (χ0n) is 16.7. The number of pyridine rings is 1. The van der Waals surface area contributed by atoms with E-state index in [9.17, 15) is 14.7 Å². The standard InChI is InChI=1S/C23H23N3O4/c1-30-11-3-4-16-6-8-17(9-7-16)22-19-13-25(14-21(28)26(19)20(22)15-27)23(29)18-5-2-10-24-12-18/h2,5-10,12,19-20,22,27H,11,13-15H2,1H3/t19-,20+,22+/m0/s1. The minimum atomic E-state index is -0.274. The predicted molar refractivity (Wildman–Crippen MR) is 110 cm³/mol. The van der Waals surface area contributed by atoms with Gasteiger partial charge in [0.25, 0.3) is 5.91 Å². The van der Waals surface area contributed by atoms with Crippen LogP contribution in [0.25, 0.3) is 0 Å². The number of carbonyl (C=O) groups is 2. The number of amides is 2. The third-order valence-electron chi connectivity index (χ3n) is 5.69. The first-order valence-corrected chi connectivity index (χ1v) is 9.83. The summed E-state index contributed by atoms with van der Waals surface area (Å²) in [6.07, 6.45) is 3.12. The first-order valence-electron chi connectivity index (χ1n) is 9.83. The molecule has 0 radical (unpaired) electrons. The van der Waals surface area contributed by atoms with Gasteiger partial charge in [-0.25, -0.2) is 0 Å². The summed E-state index contributed by atoms with van der Waals surface area (Å²) >= 11 is 0. The molecule has 7 heteroatoms. The maximum absolute atomic E-state index is 12.8. The molecule has 2 aliphatic rings. The minimum absolute atomic E-state index is 0.0154. The molecule has 2 saturated heterocycles. The number of benzene rings is 1. The van der Waals surface area contributed by atoms with Crippen LogP contribution in [-0.2, 0) is 9.53 Å². The average molecular weight is 405 g/mol. The second kappa shape index (κ2) is 8.66. The lowest BCUT2D eigenvalue weighted by Gasteiger charge is -2.58. The van der Waals surface area contributed by atoms with Gasteiger partial charge in [0.05, 0.1) is 24.3 Å². The Balaban J connectivity index is 1.54. The average Bonchev–Trinajstić information content (AvgIpc) is 2.76. The summed E-state index contributed by atoms with van der Waals surface area (Å²) in [5.74, 6) is 5.57. The second-order valence-electron chi connectivity index (χ2n) is 7.43. The van der Waals surface area contributed by atoms with Gasteiger partial charge in [0.2, 0.25) is 5.91 Å². The van der Waals surface area contributed by atoms with E-state index in [1.165, 1.54) is 6.20 Å². The number of aliphatic hydroxyl groups excluding tert-OH is 1. The number of aliphatic hydroxyl groups is 1. The first-order chi connectivity index (χ1) is 14.6. The quantitative estimate of drug-likeness (QED) is 0.764. The van der Waals surface area contributed by atoms with Crippen LogP contribution in [0, 0.1) is 11.8 Å². The van der Waals surface area contributed by atoms with E-state index < -0.39 is 0 Å². The monoisotopic (exact) mass is 405 g/mol. The van der Waals surface area contributed by atoms with E-state index in [0.717, 1.165) is 11.1 Å². The number of rotatable bonds is 4. The van der Waals surface area contributed by atoms with Gasteiger partial charge in [0.15, 0.2) is 0 Å². The van der Waals surface area contributed by atoms with Crippen LogP contribution in [0.2, 0.25) is 0 Å². The summed E-state index contributed by atoms with van der Waals surface area (Å²) in [4.78, 5) is 32.8. The number of fused-ring (bicyclic) bond motifs is 1. The predicted octanol–water partition coefficient (Wildman–Crippen LogP) is 0.891. The van der Waals surface area contributed by atoms with Crippen molar-refractivity contribution in [3.05, 3.63) is 65.5 Å². The van der Waals surface area contributed by atoms with Crippen molar-refractivity contribution in [3.63, 3.8) is 0 Å². The van der Waals surface area contributed by atoms with Crippen LogP contribution in [-0.4, -0.2) is 77.2 Å². The maximum Gasteiger partial charge on any atom is 0.255 e. The molecule has 0 bridgehead atoms. The van der Waals surface area contributed by atoms with Crippen LogP contribution in [0.1, 0.15) is 27.4 Å². The highest BCUT2D eigenvalue weighted by molar-refractivity contribution is 5.97. The van der Waals surface area contributed by atoms with Crippen molar-refractivity contribution in [1.82, 2.24) is 14.8 Å². The summed E-state index contributed by atoms with van der Waals surface area (Å²) in [6.45, 7) is 0.702. The van der Waals surface area contributed by atoms with Gasteiger partial charge >= 0.3 is 0 Å². The van der Waals surface area contributed by atoms with Crippen LogP contribution in [0.5, 0.6) is 0 Å². The summed E-state index contributed by atoms with van der Waals surface area (Å²) in [5, 5.41) is 9.91. The summed E-state index contributed by atoms with van der Waals surface area (Å²) in [6, 6.07) is 10.8. The van der Waals surface area contributed by atoms with E-state index in [2.05, 4.69) is 16.8 Å². The number of aromatic nitrogens is 1. The normalized spacial score (nSPS) is 22.6. The molecule has 1 aromatic heterocycles. The number of hydrogen-bond donors (Lipinski definition) is 1. The Kier molecular flexibility index (Phi) is 5.79. The molecule has 2 amide bonds. The molecule has 0 aliphatic carbocycles. The van der Waals surface area contributed by atoms with Gasteiger partial charge in [-0.2, -0.15) is 0 Å². The van der Waals surface area contributed by atoms with Gasteiger partial charge in [-0.05, 0) is 29.8 Å². The van der Waals surface area contributed by atoms with Crippen molar-refractivity contribution in [2.75, 3.05) is 33.4 Å². The topological polar surface area (TPSA) is 83.0 Å². The lowest BCUT2D eigenvalue weighted by Crippen LogP contribution is -2.73. The molecule has 2 aromatic rings. The molecule has 3 atom stereocenters. The van der Waals surface area contributed by atoms with Crippen LogP contribution in [0.3, 0.4) is 0 Å². The fraction of sp³-hybridized carbons (Fsp3) is 0.348. The molecule has 2 fully saturated rings. The number of nitrogens with zero attached hydrogens (tertiary/aromatic N) is 3. The Bertz CT molecular complexity index is 981. The lowest BCUT2D eigenvalue weighted by molar-refractivity contribution is -0.159. The molecular formula is C23H23N3O4. The molecule has 4 rings (SSSR count). The molecule has 2 aliphatic heterocycles. The van der Waals surface area contributed by atoms with Gasteiger partial charge in [0, 0.05) is 37.5 Å². The van der Waals surface area contributed by atoms with Crippen LogP contribution < -0.4 is 0 Å². The van der Waals surface area contributed by atoms with E-state index in [1.54, 1.807) is 35.2 Å². The fourth-order valence-electron chi connectivity index (χ4n) is 4.33. The molecular weight excluding hydrogens is 382 g/mol. The molecule has 0 unspecified atom stereocenters. The summed E-state index contributed by atoms with van der Waals surface area (Å²) in [7, 11) is 1.60. The number of hydrogen-bond acceptors (Lipinski definition) is 5. The van der Waals surface area contributed by atoms with Gasteiger partial charge in [-0.1, -0.05) is 24.0 Å². The smallest absolute Gasteiger partial charge is 0.255 e. The van der Waals surface area contributed by atoms with Crippen molar-refractivity contribution < 1.29 is 19.4 Å². The van der Waals surface area contributed by atoms with Gasteiger partial charge in [-0.3, -0.25) is 14.6 Å². The number of methoxy groups -OCH3 is 1. The highest BCUT2D eigenvalue weighted by Crippen LogP contribution is 2.43.